The van der Waals surface area contributed by atoms with Crippen molar-refractivity contribution in [2.24, 2.45) is 0 Å². The molecule has 0 aliphatic carbocycles. The zero-order valence-corrected chi connectivity index (χ0v) is 10.8. The summed E-state index contributed by atoms with van der Waals surface area (Å²) in [7, 11) is 0. The molecule has 0 spiro atoms. The topological polar surface area (TPSA) is 47.6 Å². The van der Waals surface area contributed by atoms with E-state index in [-0.39, 0.29) is 5.41 Å². The van der Waals surface area contributed by atoms with Gasteiger partial charge in [-0.3, -0.25) is 0 Å². The number of rotatable bonds is 0. The van der Waals surface area contributed by atoms with Gasteiger partial charge in [0.25, 0.3) is 0 Å². The van der Waals surface area contributed by atoms with Gasteiger partial charge in [-0.05, 0) is 29.2 Å². The van der Waals surface area contributed by atoms with Crippen LogP contribution < -0.4 is 0 Å². The second-order valence-corrected chi connectivity index (χ2v) is 5.39. The summed E-state index contributed by atoms with van der Waals surface area (Å²) in [5.41, 5.74) is 2.44. The molecule has 0 N–H and O–H groups in total. The predicted molar refractivity (Wildman–Crippen MR) is 72.1 cm³/mol. The molecule has 0 saturated heterocycles. The first kappa shape index (κ1) is 12.1. The molecule has 0 aromatic heterocycles. The van der Waals surface area contributed by atoms with E-state index in [2.05, 4.69) is 32.9 Å². The van der Waals surface area contributed by atoms with Crippen LogP contribution in [-0.4, -0.2) is 0 Å². The average molecular weight is 234 g/mol. The van der Waals surface area contributed by atoms with Gasteiger partial charge in [0.1, 0.15) is 0 Å². The maximum Gasteiger partial charge on any atom is 0.0998 e. The zero-order chi connectivity index (χ0) is 13.3. The fraction of sp³-hybridized carbons (Fsp3) is 0.250. The molecule has 2 nitrogen and oxygen atoms in total. The van der Waals surface area contributed by atoms with E-state index in [0.717, 1.165) is 10.8 Å². The van der Waals surface area contributed by atoms with Crippen LogP contribution in [0, 0.1) is 22.7 Å². The molecule has 0 saturated carbocycles. The molecule has 0 aliphatic heterocycles. The Hall–Kier alpha value is -2.32. The van der Waals surface area contributed by atoms with Crippen molar-refractivity contribution in [2.75, 3.05) is 0 Å². The lowest BCUT2D eigenvalue weighted by atomic mass is 9.85. The van der Waals surface area contributed by atoms with Crippen LogP contribution in [0.3, 0.4) is 0 Å². The van der Waals surface area contributed by atoms with Crippen molar-refractivity contribution in [1.29, 1.82) is 10.5 Å². The molecule has 2 rings (SSSR count). The Morgan fingerprint density at radius 1 is 0.833 bits per heavy atom. The van der Waals surface area contributed by atoms with Gasteiger partial charge in [0.15, 0.2) is 0 Å². The van der Waals surface area contributed by atoms with Crippen molar-refractivity contribution in [3.05, 3.63) is 47.0 Å². The van der Waals surface area contributed by atoms with Gasteiger partial charge in [0.05, 0.1) is 23.3 Å². The molecule has 2 heteroatoms. The molecule has 0 fully saturated rings. The van der Waals surface area contributed by atoms with Crippen molar-refractivity contribution < 1.29 is 0 Å². The van der Waals surface area contributed by atoms with Gasteiger partial charge in [0, 0.05) is 10.8 Å². The lowest BCUT2D eigenvalue weighted by Crippen LogP contribution is -2.10. The standard InChI is InChI=1S/C16H14N2/c1-16(2,3)13-6-7-14-11(9-17)4-5-12(10-18)15(14)8-13/h4-8H,1-3H3. The van der Waals surface area contributed by atoms with Crippen molar-refractivity contribution >= 4 is 10.8 Å². The lowest BCUT2D eigenvalue weighted by molar-refractivity contribution is 0.591. The molecule has 2 aromatic carbocycles. The highest BCUT2D eigenvalue weighted by molar-refractivity contribution is 5.92. The summed E-state index contributed by atoms with van der Waals surface area (Å²) < 4.78 is 0. The third-order valence-electron chi connectivity index (χ3n) is 3.12. The number of hydrogen-bond donors (Lipinski definition) is 0. The van der Waals surface area contributed by atoms with Gasteiger partial charge in [0.2, 0.25) is 0 Å². The van der Waals surface area contributed by atoms with Crippen molar-refractivity contribution in [2.45, 2.75) is 26.2 Å². The monoisotopic (exact) mass is 234 g/mol. The summed E-state index contributed by atoms with van der Waals surface area (Å²) in [6, 6.07) is 13.8. The third kappa shape index (κ3) is 1.94. The number of nitrogens with zero attached hydrogens (tertiary/aromatic N) is 2. The lowest BCUT2D eigenvalue weighted by Gasteiger charge is -2.19. The number of benzene rings is 2. The summed E-state index contributed by atoms with van der Waals surface area (Å²) in [6.07, 6.45) is 0. The molecule has 0 heterocycles. The van der Waals surface area contributed by atoms with E-state index in [4.69, 9.17) is 10.5 Å². The van der Waals surface area contributed by atoms with Crippen LogP contribution in [0.1, 0.15) is 37.5 Å². The number of fused-ring (bicyclic) bond motifs is 1. The molecule has 0 atom stereocenters. The summed E-state index contributed by atoms with van der Waals surface area (Å²) in [5, 5.41) is 20.0. The van der Waals surface area contributed by atoms with Crippen LogP contribution in [0.4, 0.5) is 0 Å². The highest BCUT2D eigenvalue weighted by Crippen LogP contribution is 2.29. The van der Waals surface area contributed by atoms with Crippen LogP contribution in [0.25, 0.3) is 10.8 Å². The molecule has 0 bridgehead atoms. The van der Waals surface area contributed by atoms with E-state index in [9.17, 15) is 0 Å². The van der Waals surface area contributed by atoms with Gasteiger partial charge >= 0.3 is 0 Å². The van der Waals surface area contributed by atoms with E-state index >= 15 is 0 Å². The molecule has 18 heavy (non-hydrogen) atoms. The maximum atomic E-state index is 9.16. The van der Waals surface area contributed by atoms with Crippen LogP contribution in [-0.2, 0) is 5.41 Å². The second kappa shape index (κ2) is 4.17. The quantitative estimate of drug-likeness (QED) is 0.694. The Kier molecular flexibility index (Phi) is 2.81. The second-order valence-electron chi connectivity index (χ2n) is 5.39. The third-order valence-corrected chi connectivity index (χ3v) is 3.12. The van der Waals surface area contributed by atoms with E-state index in [1.807, 2.05) is 18.2 Å². The molecular formula is C16H14N2. The number of hydrogen-bond acceptors (Lipinski definition) is 2. The Bertz CT molecular complexity index is 692. The molecule has 0 amide bonds. The van der Waals surface area contributed by atoms with E-state index in [1.54, 1.807) is 12.1 Å². The summed E-state index contributed by atoms with van der Waals surface area (Å²) in [5.74, 6) is 0. The Balaban J connectivity index is 2.85. The first-order valence-corrected chi connectivity index (χ1v) is 5.85. The molecular weight excluding hydrogens is 220 g/mol. The van der Waals surface area contributed by atoms with E-state index < -0.39 is 0 Å². The van der Waals surface area contributed by atoms with Crippen LogP contribution >= 0.6 is 0 Å². The summed E-state index contributed by atoms with van der Waals surface area (Å²) in [4.78, 5) is 0. The van der Waals surface area contributed by atoms with Gasteiger partial charge < -0.3 is 0 Å². The minimum Gasteiger partial charge on any atom is -0.192 e. The largest absolute Gasteiger partial charge is 0.192 e. The molecule has 88 valence electrons. The highest BCUT2D eigenvalue weighted by atomic mass is 14.3. The smallest absolute Gasteiger partial charge is 0.0998 e. The van der Waals surface area contributed by atoms with Crippen molar-refractivity contribution in [1.82, 2.24) is 0 Å². The maximum absolute atomic E-state index is 9.16. The minimum absolute atomic E-state index is 0.0313. The fourth-order valence-corrected chi connectivity index (χ4v) is 2.01. The molecule has 2 aromatic rings. The average Bonchev–Trinajstić information content (AvgIpc) is 2.35. The van der Waals surface area contributed by atoms with Crippen LogP contribution in [0.2, 0.25) is 0 Å². The zero-order valence-electron chi connectivity index (χ0n) is 10.8. The Morgan fingerprint density at radius 3 is 1.89 bits per heavy atom. The fourth-order valence-electron chi connectivity index (χ4n) is 2.01. The van der Waals surface area contributed by atoms with Crippen LogP contribution in [0.5, 0.6) is 0 Å². The van der Waals surface area contributed by atoms with Crippen LogP contribution in [0.15, 0.2) is 30.3 Å². The molecule has 0 radical (unpaired) electrons. The SMILES string of the molecule is CC(C)(C)c1ccc2c(C#N)ccc(C#N)c2c1. The minimum atomic E-state index is 0.0313. The highest BCUT2D eigenvalue weighted by Gasteiger charge is 2.15. The Labute approximate surface area is 107 Å². The van der Waals surface area contributed by atoms with Crippen molar-refractivity contribution in [3.8, 4) is 12.1 Å². The number of nitriles is 2. The summed E-state index contributed by atoms with van der Waals surface area (Å²) in [6.45, 7) is 6.40. The first-order valence-electron chi connectivity index (χ1n) is 5.85. The Morgan fingerprint density at radius 2 is 1.39 bits per heavy atom. The van der Waals surface area contributed by atoms with E-state index in [1.165, 1.54) is 5.56 Å². The van der Waals surface area contributed by atoms with Gasteiger partial charge in [-0.1, -0.05) is 32.9 Å². The van der Waals surface area contributed by atoms with Gasteiger partial charge in [-0.2, -0.15) is 10.5 Å². The molecule has 0 aliphatic rings. The van der Waals surface area contributed by atoms with Crippen molar-refractivity contribution in [3.63, 3.8) is 0 Å². The summed E-state index contributed by atoms with van der Waals surface area (Å²) >= 11 is 0. The normalized spacial score (nSPS) is 10.9. The van der Waals surface area contributed by atoms with Gasteiger partial charge in [-0.25, -0.2) is 0 Å². The van der Waals surface area contributed by atoms with E-state index in [0.29, 0.717) is 11.1 Å². The molecule has 0 unspecified atom stereocenters. The predicted octanol–water partition coefficient (Wildman–Crippen LogP) is 3.88. The van der Waals surface area contributed by atoms with Gasteiger partial charge in [-0.15, -0.1) is 0 Å². The first-order chi connectivity index (χ1) is 8.47.